The molecular weight excluding hydrogens is 392 g/mol. The molecular formula is C24H30N4O3. The van der Waals surface area contributed by atoms with E-state index in [0.717, 1.165) is 55.3 Å². The summed E-state index contributed by atoms with van der Waals surface area (Å²) in [7, 11) is 3.52. The third-order valence-electron chi connectivity index (χ3n) is 5.97. The fourth-order valence-corrected chi connectivity index (χ4v) is 4.25. The molecule has 7 nitrogen and oxygen atoms in total. The van der Waals surface area contributed by atoms with E-state index in [-0.39, 0.29) is 6.61 Å². The molecule has 1 fully saturated rings. The van der Waals surface area contributed by atoms with Gasteiger partial charge in [0.25, 0.3) is 0 Å². The van der Waals surface area contributed by atoms with Gasteiger partial charge in [0, 0.05) is 69.0 Å². The number of hydrogen-bond acceptors (Lipinski definition) is 6. The molecule has 2 heterocycles. The number of nitrogens with zero attached hydrogens (tertiary/aromatic N) is 4. The first-order chi connectivity index (χ1) is 15.1. The summed E-state index contributed by atoms with van der Waals surface area (Å²) in [5, 5.41) is 20.5. The lowest BCUT2D eigenvalue weighted by Crippen LogP contribution is -2.46. The average Bonchev–Trinajstić information content (AvgIpc) is 3.25. The molecule has 0 aliphatic carbocycles. The maximum absolute atomic E-state index is 11.0. The Morgan fingerprint density at radius 3 is 2.55 bits per heavy atom. The van der Waals surface area contributed by atoms with E-state index in [4.69, 9.17) is 4.74 Å². The second kappa shape index (κ2) is 9.51. The summed E-state index contributed by atoms with van der Waals surface area (Å²) in [6, 6.07) is 14.0. The highest BCUT2D eigenvalue weighted by molar-refractivity contribution is 5.56. The van der Waals surface area contributed by atoms with Crippen LogP contribution in [-0.4, -0.2) is 58.0 Å². The van der Waals surface area contributed by atoms with Crippen molar-refractivity contribution in [1.29, 1.82) is 0 Å². The highest BCUT2D eigenvalue weighted by atomic mass is 16.5. The molecule has 0 radical (unpaired) electrons. The number of para-hydroxylation sites is 1. The third kappa shape index (κ3) is 4.58. The van der Waals surface area contributed by atoms with Crippen molar-refractivity contribution in [2.75, 3.05) is 38.2 Å². The van der Waals surface area contributed by atoms with Crippen LogP contribution in [0.4, 0.5) is 5.69 Å². The monoisotopic (exact) mass is 422 g/mol. The Morgan fingerprint density at radius 1 is 1.10 bits per heavy atom. The lowest BCUT2D eigenvalue weighted by atomic mass is 10.0. The number of aryl methyl sites for hydroxylation is 1. The minimum absolute atomic E-state index is 0.0279. The molecule has 164 valence electrons. The zero-order chi connectivity index (χ0) is 21.8. The van der Waals surface area contributed by atoms with Crippen LogP contribution in [0.1, 0.15) is 28.6 Å². The van der Waals surface area contributed by atoms with Crippen molar-refractivity contribution < 1.29 is 14.9 Å². The molecule has 1 aromatic heterocycles. The minimum atomic E-state index is -0.759. The van der Waals surface area contributed by atoms with E-state index in [2.05, 4.69) is 26.9 Å². The zero-order valence-electron chi connectivity index (χ0n) is 18.1. The summed E-state index contributed by atoms with van der Waals surface area (Å²) >= 11 is 0. The van der Waals surface area contributed by atoms with E-state index in [1.165, 1.54) is 5.56 Å². The first-order valence-electron chi connectivity index (χ1n) is 10.6. The van der Waals surface area contributed by atoms with Crippen molar-refractivity contribution in [2.24, 2.45) is 7.05 Å². The molecule has 0 amide bonds. The first kappa shape index (κ1) is 21.4. The van der Waals surface area contributed by atoms with Gasteiger partial charge >= 0.3 is 0 Å². The quantitative estimate of drug-likeness (QED) is 0.609. The molecule has 2 aromatic carbocycles. The van der Waals surface area contributed by atoms with Gasteiger partial charge in [0.2, 0.25) is 0 Å². The van der Waals surface area contributed by atoms with Crippen molar-refractivity contribution in [1.82, 2.24) is 14.5 Å². The average molecular weight is 423 g/mol. The molecule has 1 saturated heterocycles. The second-order valence-electron chi connectivity index (χ2n) is 7.93. The van der Waals surface area contributed by atoms with Gasteiger partial charge in [-0.15, -0.1) is 0 Å². The van der Waals surface area contributed by atoms with Gasteiger partial charge < -0.3 is 24.4 Å². The van der Waals surface area contributed by atoms with Crippen molar-refractivity contribution >= 4 is 5.69 Å². The number of piperazine rings is 1. The summed E-state index contributed by atoms with van der Waals surface area (Å²) in [5.74, 6) is 1.37. The van der Waals surface area contributed by atoms with Gasteiger partial charge in [-0.1, -0.05) is 24.3 Å². The molecule has 1 atom stereocenters. The largest absolute Gasteiger partial charge is 0.496 e. The number of aliphatic hydroxyl groups is 2. The van der Waals surface area contributed by atoms with E-state index in [1.807, 2.05) is 48.1 Å². The number of aromatic nitrogens is 2. The van der Waals surface area contributed by atoms with E-state index in [9.17, 15) is 10.2 Å². The third-order valence-corrected chi connectivity index (χ3v) is 5.97. The van der Waals surface area contributed by atoms with E-state index in [1.54, 1.807) is 13.3 Å². The molecule has 7 heteroatoms. The molecule has 1 aliphatic heterocycles. The van der Waals surface area contributed by atoms with Crippen molar-refractivity contribution in [3.63, 3.8) is 0 Å². The smallest absolute Gasteiger partial charge is 0.142 e. The standard InChI is InChI=1S/C24H30N4O3/c1-26-10-9-25-24(26)23(30)20-5-3-4-6-21(20)28-13-11-27(12-14-28)16-18-7-8-22(31-2)19(15-18)17-29/h3-10,15,23,29-30H,11-14,16-17H2,1-2H3/t23-/m1/s1. The van der Waals surface area contributed by atoms with Crippen LogP contribution in [0.5, 0.6) is 5.75 Å². The van der Waals surface area contributed by atoms with Crippen molar-refractivity contribution in [3.05, 3.63) is 77.4 Å². The van der Waals surface area contributed by atoms with Crippen LogP contribution in [0.25, 0.3) is 0 Å². The summed E-state index contributed by atoms with van der Waals surface area (Å²) in [6.07, 6.45) is 2.80. The Morgan fingerprint density at radius 2 is 1.87 bits per heavy atom. The number of imidazole rings is 1. The highest BCUT2D eigenvalue weighted by Gasteiger charge is 2.24. The lowest BCUT2D eigenvalue weighted by molar-refractivity contribution is 0.205. The summed E-state index contributed by atoms with van der Waals surface area (Å²) in [6.45, 7) is 4.42. The number of benzene rings is 2. The van der Waals surface area contributed by atoms with Crippen LogP contribution >= 0.6 is 0 Å². The van der Waals surface area contributed by atoms with Gasteiger partial charge in [-0.2, -0.15) is 0 Å². The fraction of sp³-hybridized carbons (Fsp3) is 0.375. The topological polar surface area (TPSA) is 74.0 Å². The van der Waals surface area contributed by atoms with Crippen LogP contribution in [-0.2, 0) is 20.2 Å². The molecule has 3 aromatic rings. The van der Waals surface area contributed by atoms with Crippen LogP contribution in [0.3, 0.4) is 0 Å². The second-order valence-corrected chi connectivity index (χ2v) is 7.93. The Hall–Kier alpha value is -2.87. The van der Waals surface area contributed by atoms with Crippen molar-refractivity contribution in [3.8, 4) is 5.75 Å². The van der Waals surface area contributed by atoms with Gasteiger partial charge in [-0.25, -0.2) is 4.98 Å². The number of ether oxygens (including phenoxy) is 1. The van der Waals surface area contributed by atoms with E-state index < -0.39 is 6.10 Å². The molecule has 2 N–H and O–H groups in total. The van der Waals surface area contributed by atoms with Crippen molar-refractivity contribution in [2.45, 2.75) is 19.3 Å². The Labute approximate surface area is 183 Å². The predicted octanol–water partition coefficient (Wildman–Crippen LogP) is 2.32. The van der Waals surface area contributed by atoms with Crippen LogP contribution < -0.4 is 9.64 Å². The zero-order valence-corrected chi connectivity index (χ0v) is 18.1. The van der Waals surface area contributed by atoms with Crippen LogP contribution in [0.2, 0.25) is 0 Å². The molecule has 4 rings (SSSR count). The van der Waals surface area contributed by atoms with Gasteiger partial charge in [-0.05, 0) is 23.8 Å². The predicted molar refractivity (Wildman–Crippen MR) is 120 cm³/mol. The summed E-state index contributed by atoms with van der Waals surface area (Å²) < 4.78 is 7.16. The summed E-state index contributed by atoms with van der Waals surface area (Å²) in [5.41, 5.74) is 3.93. The Bertz CT molecular complexity index is 1010. The fourth-order valence-electron chi connectivity index (χ4n) is 4.25. The number of methoxy groups -OCH3 is 1. The number of anilines is 1. The van der Waals surface area contributed by atoms with Crippen LogP contribution in [0, 0.1) is 0 Å². The molecule has 31 heavy (non-hydrogen) atoms. The van der Waals surface area contributed by atoms with Gasteiger partial charge in [0.05, 0.1) is 13.7 Å². The number of rotatable bonds is 7. The van der Waals surface area contributed by atoms with E-state index >= 15 is 0 Å². The molecule has 0 saturated carbocycles. The lowest BCUT2D eigenvalue weighted by Gasteiger charge is -2.37. The van der Waals surface area contributed by atoms with E-state index in [0.29, 0.717) is 5.82 Å². The summed E-state index contributed by atoms with van der Waals surface area (Å²) in [4.78, 5) is 9.08. The van der Waals surface area contributed by atoms with Gasteiger partial charge in [0.15, 0.2) is 0 Å². The minimum Gasteiger partial charge on any atom is -0.496 e. The maximum Gasteiger partial charge on any atom is 0.142 e. The van der Waals surface area contributed by atoms with Crippen LogP contribution in [0.15, 0.2) is 54.9 Å². The molecule has 1 aliphatic rings. The highest BCUT2D eigenvalue weighted by Crippen LogP contribution is 2.31. The Kier molecular flexibility index (Phi) is 6.56. The maximum atomic E-state index is 11.0. The van der Waals surface area contributed by atoms with Gasteiger partial charge in [0.1, 0.15) is 17.7 Å². The first-order valence-corrected chi connectivity index (χ1v) is 10.6. The number of aliphatic hydroxyl groups excluding tert-OH is 2. The van der Waals surface area contributed by atoms with Gasteiger partial charge in [-0.3, -0.25) is 4.90 Å². The normalized spacial score (nSPS) is 15.8. The molecule has 0 spiro atoms. The Balaban J connectivity index is 1.43. The molecule has 0 bridgehead atoms. The molecule has 0 unspecified atom stereocenters. The number of hydrogen-bond donors (Lipinski definition) is 2. The SMILES string of the molecule is COc1ccc(CN2CCN(c3ccccc3[C@@H](O)c3nccn3C)CC2)cc1CO.